The summed E-state index contributed by atoms with van der Waals surface area (Å²) in [6, 6.07) is -1.21. The number of nitrogens with zero attached hydrogens (tertiary/aromatic N) is 1. The van der Waals surface area contributed by atoms with E-state index in [-0.39, 0.29) is 6.03 Å². The summed E-state index contributed by atoms with van der Waals surface area (Å²) in [5.41, 5.74) is 6.24. The van der Waals surface area contributed by atoms with Crippen molar-refractivity contribution in [3.8, 4) is 0 Å². The van der Waals surface area contributed by atoms with Crippen molar-refractivity contribution in [2.45, 2.75) is 211 Å². The van der Waals surface area contributed by atoms with Crippen LogP contribution in [0.2, 0.25) is 0 Å². The summed E-state index contributed by atoms with van der Waals surface area (Å²) in [7, 11) is 0. The van der Waals surface area contributed by atoms with E-state index in [0.717, 1.165) is 32.1 Å². The number of urea groups is 1. The van der Waals surface area contributed by atoms with Gasteiger partial charge in [-0.1, -0.05) is 168 Å². The zero-order chi connectivity index (χ0) is 33.0. The number of ether oxygens (including phenoxy) is 1. The number of amides is 2. The Balaban J connectivity index is 2.28. The van der Waals surface area contributed by atoms with Gasteiger partial charge in [0.25, 0.3) is 0 Å². The van der Waals surface area contributed by atoms with Crippen molar-refractivity contribution in [1.82, 2.24) is 10.2 Å². The Hall–Kier alpha value is -0.930. The molecular formula is C37H75N3O5. The van der Waals surface area contributed by atoms with Crippen LogP contribution in [-0.4, -0.2) is 76.5 Å². The van der Waals surface area contributed by atoms with Crippen molar-refractivity contribution in [3.05, 3.63) is 0 Å². The summed E-state index contributed by atoms with van der Waals surface area (Å²) in [4.78, 5) is 14.9. The Morgan fingerprint density at radius 1 is 0.622 bits per heavy atom. The standard InChI is InChI=1S/C37H75N3O5/c1-3-5-7-9-11-13-15-16-17-18-19-20-21-23-25-27-29-39-37(44)40(30-28-26-24-22-14-12-10-8-6-4-2)36-33(38)35(43)34(42)32(31-41)45-36/h32-36,41-43H,3-31,38H2,1-2H3,(H,39,44)/t32-,33+,34-,35-,36-/m1/s1. The molecule has 1 aliphatic rings. The molecule has 0 radical (unpaired) electrons. The molecule has 6 N–H and O–H groups in total. The average molecular weight is 642 g/mol. The smallest absolute Gasteiger partial charge is 0.319 e. The number of carbonyl (C=O) groups excluding carboxylic acids is 1. The van der Waals surface area contributed by atoms with Crippen molar-refractivity contribution >= 4 is 6.03 Å². The molecule has 8 heteroatoms. The fourth-order valence-corrected chi connectivity index (χ4v) is 6.48. The van der Waals surface area contributed by atoms with Crippen LogP contribution in [0.25, 0.3) is 0 Å². The molecule has 268 valence electrons. The normalized spacial score (nSPS) is 21.7. The molecule has 2 amide bonds. The highest BCUT2D eigenvalue weighted by molar-refractivity contribution is 5.74. The summed E-state index contributed by atoms with van der Waals surface area (Å²) >= 11 is 0. The van der Waals surface area contributed by atoms with Crippen LogP contribution < -0.4 is 11.1 Å². The van der Waals surface area contributed by atoms with Gasteiger partial charge in [-0.05, 0) is 12.8 Å². The monoisotopic (exact) mass is 642 g/mol. The maximum Gasteiger partial charge on any atom is 0.319 e. The predicted molar refractivity (Wildman–Crippen MR) is 187 cm³/mol. The highest BCUT2D eigenvalue weighted by Crippen LogP contribution is 2.23. The van der Waals surface area contributed by atoms with Crippen molar-refractivity contribution in [1.29, 1.82) is 0 Å². The van der Waals surface area contributed by atoms with Crippen molar-refractivity contribution in [2.24, 2.45) is 5.73 Å². The van der Waals surface area contributed by atoms with E-state index in [1.807, 2.05) is 0 Å². The lowest BCUT2D eigenvalue weighted by Gasteiger charge is -2.45. The highest BCUT2D eigenvalue weighted by Gasteiger charge is 2.45. The van der Waals surface area contributed by atoms with Gasteiger partial charge >= 0.3 is 6.03 Å². The van der Waals surface area contributed by atoms with Crippen molar-refractivity contribution < 1.29 is 24.9 Å². The number of aliphatic hydroxyl groups is 3. The van der Waals surface area contributed by atoms with Crippen LogP contribution in [0.15, 0.2) is 0 Å². The topological polar surface area (TPSA) is 128 Å². The molecule has 1 heterocycles. The van der Waals surface area contributed by atoms with Gasteiger partial charge in [0, 0.05) is 13.1 Å². The molecule has 0 saturated carbocycles. The Kier molecular flexibility index (Phi) is 27.3. The molecule has 0 aromatic rings. The molecule has 0 bridgehead atoms. The summed E-state index contributed by atoms with van der Waals surface area (Å²) in [6.07, 6.45) is 28.5. The van der Waals surface area contributed by atoms with Crippen LogP contribution in [0.1, 0.15) is 181 Å². The van der Waals surface area contributed by atoms with E-state index in [1.165, 1.54) is 135 Å². The van der Waals surface area contributed by atoms with Gasteiger partial charge in [0.15, 0.2) is 6.23 Å². The molecule has 45 heavy (non-hydrogen) atoms. The molecule has 5 atom stereocenters. The molecule has 0 spiro atoms. The van der Waals surface area contributed by atoms with E-state index in [2.05, 4.69) is 19.2 Å². The molecular weight excluding hydrogens is 566 g/mol. The van der Waals surface area contributed by atoms with Crippen LogP contribution >= 0.6 is 0 Å². The number of hydrogen-bond donors (Lipinski definition) is 5. The zero-order valence-electron chi connectivity index (χ0n) is 29.6. The lowest BCUT2D eigenvalue weighted by molar-refractivity contribution is -0.218. The van der Waals surface area contributed by atoms with Gasteiger partial charge < -0.3 is 31.1 Å². The molecule has 1 fully saturated rings. The first-order chi connectivity index (χ1) is 22.0. The van der Waals surface area contributed by atoms with Gasteiger partial charge in [-0.2, -0.15) is 0 Å². The van der Waals surface area contributed by atoms with E-state index in [0.29, 0.717) is 13.1 Å². The lowest BCUT2D eigenvalue weighted by atomic mass is 9.96. The Morgan fingerprint density at radius 2 is 1.00 bits per heavy atom. The number of aliphatic hydroxyl groups excluding tert-OH is 3. The first kappa shape index (κ1) is 42.1. The zero-order valence-corrected chi connectivity index (χ0v) is 29.6. The van der Waals surface area contributed by atoms with Gasteiger partial charge in [0.05, 0.1) is 12.6 Å². The third-order valence-electron chi connectivity index (χ3n) is 9.58. The number of nitrogens with one attached hydrogen (secondary N) is 1. The van der Waals surface area contributed by atoms with Gasteiger partial charge in [-0.25, -0.2) is 4.79 Å². The highest BCUT2D eigenvalue weighted by atomic mass is 16.5. The number of nitrogens with two attached hydrogens (primary N) is 1. The summed E-state index contributed by atoms with van der Waals surface area (Å²) in [5.74, 6) is 0. The molecule has 1 rings (SSSR count). The van der Waals surface area contributed by atoms with Gasteiger partial charge in [-0.3, -0.25) is 4.90 Å². The van der Waals surface area contributed by atoms with Crippen molar-refractivity contribution in [2.75, 3.05) is 19.7 Å². The van der Waals surface area contributed by atoms with Crippen molar-refractivity contribution in [3.63, 3.8) is 0 Å². The molecule has 8 nitrogen and oxygen atoms in total. The average Bonchev–Trinajstić information content (AvgIpc) is 3.04. The van der Waals surface area contributed by atoms with Gasteiger partial charge in [-0.15, -0.1) is 0 Å². The quantitative estimate of drug-likeness (QED) is 0.0507. The SMILES string of the molecule is CCCCCCCCCCCCCCCCCCNC(=O)N(CCCCCCCCCCCC)[C@@H]1O[C@H](CO)[C@@H](O)[C@H](O)[C@@H]1N. The minimum atomic E-state index is -1.28. The third-order valence-corrected chi connectivity index (χ3v) is 9.58. The fraction of sp³-hybridized carbons (Fsp3) is 0.973. The maximum absolute atomic E-state index is 13.3. The molecule has 0 aromatic heterocycles. The summed E-state index contributed by atoms with van der Waals surface area (Å²) in [6.45, 7) is 5.11. The van der Waals surface area contributed by atoms with E-state index in [1.54, 1.807) is 4.90 Å². The van der Waals surface area contributed by atoms with Crippen LogP contribution in [0.4, 0.5) is 4.79 Å². The second-order valence-corrected chi connectivity index (χ2v) is 13.7. The largest absolute Gasteiger partial charge is 0.394 e. The van der Waals surface area contributed by atoms with Crippen LogP contribution in [0, 0.1) is 0 Å². The van der Waals surface area contributed by atoms with Gasteiger partial charge in [0.2, 0.25) is 0 Å². The van der Waals surface area contributed by atoms with Crippen LogP contribution in [0.5, 0.6) is 0 Å². The Bertz CT molecular complexity index is 668. The molecule has 1 saturated heterocycles. The minimum absolute atomic E-state index is 0.257. The Labute approximate surface area is 277 Å². The Morgan fingerprint density at radius 3 is 1.40 bits per heavy atom. The maximum atomic E-state index is 13.3. The molecule has 0 aromatic carbocycles. The third kappa shape index (κ3) is 20.1. The number of unbranched alkanes of at least 4 members (excludes halogenated alkanes) is 24. The summed E-state index contributed by atoms with van der Waals surface area (Å²) in [5, 5.41) is 33.5. The number of hydrogen-bond acceptors (Lipinski definition) is 6. The first-order valence-electron chi connectivity index (χ1n) is 19.4. The minimum Gasteiger partial charge on any atom is -0.394 e. The van der Waals surface area contributed by atoms with Gasteiger partial charge in [0.1, 0.15) is 18.3 Å². The second-order valence-electron chi connectivity index (χ2n) is 13.7. The second kappa shape index (κ2) is 29.2. The van der Waals surface area contributed by atoms with Crippen LogP contribution in [-0.2, 0) is 4.74 Å². The first-order valence-corrected chi connectivity index (χ1v) is 19.4. The number of carbonyl (C=O) groups is 1. The van der Waals surface area contributed by atoms with E-state index >= 15 is 0 Å². The molecule has 1 aliphatic heterocycles. The fourth-order valence-electron chi connectivity index (χ4n) is 6.48. The predicted octanol–water partition coefficient (Wildman–Crippen LogP) is 7.95. The number of rotatable bonds is 30. The summed E-state index contributed by atoms with van der Waals surface area (Å²) < 4.78 is 5.87. The van der Waals surface area contributed by atoms with E-state index in [9.17, 15) is 20.1 Å². The lowest BCUT2D eigenvalue weighted by Crippen LogP contribution is -2.67. The van der Waals surface area contributed by atoms with Crippen LogP contribution in [0.3, 0.4) is 0 Å². The molecule has 0 unspecified atom stereocenters. The van der Waals surface area contributed by atoms with E-state index in [4.69, 9.17) is 10.5 Å². The molecule has 0 aliphatic carbocycles. The van der Waals surface area contributed by atoms with E-state index < -0.39 is 37.2 Å².